The number of carbonyl (C=O) groups is 3. The molecule has 0 bridgehead atoms. The minimum Gasteiger partial charge on any atom is -0.444 e. The van der Waals surface area contributed by atoms with Crippen LogP contribution in [0.5, 0.6) is 0 Å². The van der Waals surface area contributed by atoms with E-state index in [0.29, 0.717) is 13.0 Å². The largest absolute Gasteiger partial charge is 0.444 e. The van der Waals surface area contributed by atoms with E-state index in [-0.39, 0.29) is 25.5 Å². The molecule has 0 fully saturated rings. The van der Waals surface area contributed by atoms with E-state index in [4.69, 9.17) is 9.84 Å². The number of nitrogens with one attached hydrogen (secondary N) is 3. The second-order valence-corrected chi connectivity index (χ2v) is 7.03. The lowest BCUT2D eigenvalue weighted by Gasteiger charge is -2.23. The molecule has 0 radical (unpaired) electrons. The molecule has 0 spiro atoms. The lowest BCUT2D eigenvalue weighted by molar-refractivity contribution is -0.127. The second-order valence-electron chi connectivity index (χ2n) is 7.03. The quantitative estimate of drug-likeness (QED) is 0.472. The summed E-state index contributed by atoms with van der Waals surface area (Å²) in [6, 6.07) is 8.35. The minimum atomic E-state index is -0.882. The van der Waals surface area contributed by atoms with Gasteiger partial charge in [0.05, 0.1) is 6.54 Å². The zero-order valence-electron chi connectivity index (χ0n) is 16.1. The molecular weight excluding hydrogens is 350 g/mol. The van der Waals surface area contributed by atoms with Crippen molar-refractivity contribution in [1.82, 2.24) is 16.0 Å². The van der Waals surface area contributed by atoms with Gasteiger partial charge in [0.2, 0.25) is 11.8 Å². The minimum absolute atomic E-state index is 0.0222. The lowest BCUT2D eigenvalue weighted by atomic mass is 10.1. The number of rotatable bonds is 9. The van der Waals surface area contributed by atoms with Crippen molar-refractivity contribution in [3.8, 4) is 0 Å². The Balaban J connectivity index is 2.67. The van der Waals surface area contributed by atoms with Gasteiger partial charge in [-0.15, -0.1) is 0 Å². The Kier molecular flexibility index (Phi) is 9.29. The highest BCUT2D eigenvalue weighted by Crippen LogP contribution is 2.08. The molecule has 1 aromatic carbocycles. The summed E-state index contributed by atoms with van der Waals surface area (Å²) in [5, 5.41) is 16.3. The fraction of sp³-hybridized carbons (Fsp3) is 0.526. The summed E-state index contributed by atoms with van der Waals surface area (Å²) in [7, 11) is 0. The van der Waals surface area contributed by atoms with E-state index in [0.717, 1.165) is 5.56 Å². The van der Waals surface area contributed by atoms with Gasteiger partial charge in [-0.3, -0.25) is 9.59 Å². The maximum atomic E-state index is 12.5. The van der Waals surface area contributed by atoms with Gasteiger partial charge in [-0.2, -0.15) is 0 Å². The molecule has 1 atom stereocenters. The van der Waals surface area contributed by atoms with Crippen LogP contribution in [0.25, 0.3) is 0 Å². The molecule has 4 N–H and O–H groups in total. The maximum Gasteiger partial charge on any atom is 0.408 e. The first kappa shape index (κ1) is 22.4. The van der Waals surface area contributed by atoms with E-state index in [2.05, 4.69) is 16.0 Å². The third-order valence-corrected chi connectivity index (χ3v) is 3.37. The first-order valence-corrected chi connectivity index (χ1v) is 8.90. The van der Waals surface area contributed by atoms with Crippen molar-refractivity contribution < 1.29 is 24.2 Å². The van der Waals surface area contributed by atoms with Crippen LogP contribution in [0, 0.1) is 0 Å². The highest BCUT2D eigenvalue weighted by atomic mass is 16.6. The summed E-state index contributed by atoms with van der Waals surface area (Å²) in [6.45, 7) is 5.28. The second kappa shape index (κ2) is 11.2. The van der Waals surface area contributed by atoms with Gasteiger partial charge in [-0.05, 0) is 32.8 Å². The number of hydrogen-bond donors (Lipinski definition) is 4. The van der Waals surface area contributed by atoms with Crippen LogP contribution >= 0.6 is 0 Å². The van der Waals surface area contributed by atoms with Gasteiger partial charge >= 0.3 is 6.09 Å². The van der Waals surface area contributed by atoms with Crippen LogP contribution in [0.2, 0.25) is 0 Å². The van der Waals surface area contributed by atoms with E-state index < -0.39 is 23.6 Å². The van der Waals surface area contributed by atoms with Crippen molar-refractivity contribution in [2.75, 3.05) is 19.7 Å². The Morgan fingerprint density at radius 2 is 1.78 bits per heavy atom. The summed E-state index contributed by atoms with van der Waals surface area (Å²) in [5.74, 6) is -0.852. The SMILES string of the molecule is CC(C)(C)OC(=O)N[C@@H](Cc1ccccc1)C(=O)NCC(=O)NCCCO. The lowest BCUT2D eigenvalue weighted by Crippen LogP contribution is -2.51. The van der Waals surface area contributed by atoms with Gasteiger partial charge in [0.1, 0.15) is 11.6 Å². The number of carbonyl (C=O) groups excluding carboxylic acids is 3. The Morgan fingerprint density at radius 1 is 1.11 bits per heavy atom. The number of ether oxygens (including phenoxy) is 1. The molecule has 1 aromatic rings. The number of benzene rings is 1. The van der Waals surface area contributed by atoms with E-state index in [1.54, 1.807) is 20.8 Å². The molecule has 0 aliphatic heterocycles. The van der Waals surface area contributed by atoms with Crippen LogP contribution in [0.4, 0.5) is 4.79 Å². The van der Waals surface area contributed by atoms with Crippen LogP contribution in [0.3, 0.4) is 0 Å². The van der Waals surface area contributed by atoms with Crippen LogP contribution in [-0.4, -0.2) is 54.4 Å². The van der Waals surface area contributed by atoms with E-state index >= 15 is 0 Å². The molecule has 0 aromatic heterocycles. The number of amides is 3. The molecule has 8 nitrogen and oxygen atoms in total. The fourth-order valence-corrected chi connectivity index (χ4v) is 2.17. The topological polar surface area (TPSA) is 117 Å². The molecule has 0 aliphatic rings. The summed E-state index contributed by atoms with van der Waals surface area (Å²) in [6.07, 6.45) is 0.000144. The van der Waals surface area contributed by atoms with Crippen molar-refractivity contribution >= 4 is 17.9 Å². The Labute approximate surface area is 159 Å². The predicted molar refractivity (Wildman–Crippen MR) is 101 cm³/mol. The molecule has 0 unspecified atom stereocenters. The summed E-state index contributed by atoms with van der Waals surface area (Å²) in [4.78, 5) is 36.2. The van der Waals surface area contributed by atoms with E-state index in [9.17, 15) is 14.4 Å². The summed E-state index contributed by atoms with van der Waals surface area (Å²) < 4.78 is 5.21. The molecule has 3 amide bonds. The van der Waals surface area contributed by atoms with Gasteiger partial charge in [-0.25, -0.2) is 4.79 Å². The zero-order valence-corrected chi connectivity index (χ0v) is 16.1. The number of aliphatic hydroxyl groups is 1. The van der Waals surface area contributed by atoms with Gasteiger partial charge in [0, 0.05) is 19.6 Å². The number of aliphatic hydroxyl groups excluding tert-OH is 1. The van der Waals surface area contributed by atoms with E-state index in [1.807, 2.05) is 30.3 Å². The molecule has 8 heteroatoms. The van der Waals surface area contributed by atoms with Crippen LogP contribution < -0.4 is 16.0 Å². The molecule has 0 saturated heterocycles. The molecular formula is C19H29N3O5. The predicted octanol–water partition coefficient (Wildman–Crippen LogP) is 0.737. The highest BCUT2D eigenvalue weighted by Gasteiger charge is 2.25. The van der Waals surface area contributed by atoms with E-state index in [1.165, 1.54) is 0 Å². The average Bonchev–Trinajstić information content (AvgIpc) is 2.58. The van der Waals surface area contributed by atoms with Crippen molar-refractivity contribution in [3.05, 3.63) is 35.9 Å². The van der Waals surface area contributed by atoms with Crippen LogP contribution in [0.1, 0.15) is 32.8 Å². The first-order chi connectivity index (χ1) is 12.7. The number of hydrogen-bond acceptors (Lipinski definition) is 5. The molecule has 150 valence electrons. The molecule has 0 heterocycles. The standard InChI is InChI=1S/C19H29N3O5/c1-19(2,3)27-18(26)22-15(12-14-8-5-4-6-9-14)17(25)21-13-16(24)20-10-7-11-23/h4-6,8-9,15,23H,7,10-13H2,1-3H3,(H,20,24)(H,21,25)(H,22,26)/t15-/m0/s1. The average molecular weight is 379 g/mol. The van der Waals surface area contributed by atoms with Gasteiger partial charge < -0.3 is 25.8 Å². The Hall–Kier alpha value is -2.61. The van der Waals surface area contributed by atoms with Crippen LogP contribution in [0.15, 0.2) is 30.3 Å². The van der Waals surface area contributed by atoms with Crippen molar-refractivity contribution in [3.63, 3.8) is 0 Å². The normalized spacial score (nSPS) is 12.0. The van der Waals surface area contributed by atoms with Gasteiger partial charge in [0.25, 0.3) is 0 Å². The molecule has 0 aliphatic carbocycles. The van der Waals surface area contributed by atoms with Crippen molar-refractivity contribution in [2.24, 2.45) is 0 Å². The first-order valence-electron chi connectivity index (χ1n) is 8.90. The summed E-state index contributed by atoms with van der Waals surface area (Å²) >= 11 is 0. The molecule has 27 heavy (non-hydrogen) atoms. The highest BCUT2D eigenvalue weighted by molar-refractivity contribution is 5.89. The molecule has 1 rings (SSSR count). The van der Waals surface area contributed by atoms with Gasteiger partial charge in [-0.1, -0.05) is 30.3 Å². The third-order valence-electron chi connectivity index (χ3n) is 3.37. The Morgan fingerprint density at radius 3 is 2.37 bits per heavy atom. The number of alkyl carbamates (subject to hydrolysis) is 1. The van der Waals surface area contributed by atoms with Crippen LogP contribution in [-0.2, 0) is 20.7 Å². The summed E-state index contributed by atoms with van der Waals surface area (Å²) in [5.41, 5.74) is 0.172. The van der Waals surface area contributed by atoms with Crippen molar-refractivity contribution in [2.45, 2.75) is 45.3 Å². The third kappa shape index (κ3) is 10.2. The molecule has 0 saturated carbocycles. The van der Waals surface area contributed by atoms with Gasteiger partial charge in [0.15, 0.2) is 0 Å². The maximum absolute atomic E-state index is 12.5. The van der Waals surface area contributed by atoms with Crippen molar-refractivity contribution in [1.29, 1.82) is 0 Å². The smallest absolute Gasteiger partial charge is 0.408 e. The monoisotopic (exact) mass is 379 g/mol. The Bertz CT molecular complexity index is 614. The fourth-order valence-electron chi connectivity index (χ4n) is 2.17. The zero-order chi connectivity index (χ0) is 20.3.